The van der Waals surface area contributed by atoms with E-state index in [-0.39, 0.29) is 5.69 Å². The van der Waals surface area contributed by atoms with E-state index in [1.165, 1.54) is 38.5 Å². The predicted octanol–water partition coefficient (Wildman–Crippen LogP) is 3.40. The Bertz CT molecular complexity index is 911. The summed E-state index contributed by atoms with van der Waals surface area (Å²) in [5.41, 5.74) is -0.821. The summed E-state index contributed by atoms with van der Waals surface area (Å²) >= 11 is 0. The molecule has 0 saturated carbocycles. The first-order valence-electron chi connectivity index (χ1n) is 9.19. The van der Waals surface area contributed by atoms with E-state index in [0.29, 0.717) is 11.1 Å². The molecule has 162 valence electrons. The minimum atomic E-state index is -1.69. The monoisotopic (exact) mass is 434 g/mol. The molecule has 2 aromatic carbocycles. The van der Waals surface area contributed by atoms with Gasteiger partial charge in [0.2, 0.25) is 5.60 Å². The summed E-state index contributed by atoms with van der Waals surface area (Å²) in [5.74, 6) is -0.696. The molecule has 0 aromatic heterocycles. The first-order chi connectivity index (χ1) is 14.1. The highest BCUT2D eigenvalue weighted by Crippen LogP contribution is 2.41. The number of carbonyl (C=O) groups is 1. The van der Waals surface area contributed by atoms with Crippen molar-refractivity contribution >= 4 is 22.6 Å². The zero-order valence-electron chi connectivity index (χ0n) is 17.6. The van der Waals surface area contributed by atoms with Gasteiger partial charge in [0.25, 0.3) is 5.69 Å². The Morgan fingerprint density at radius 2 is 1.63 bits per heavy atom. The fourth-order valence-electron chi connectivity index (χ4n) is 3.02. The largest absolute Gasteiger partial charge is 0.467 e. The minimum Gasteiger partial charge on any atom is -0.467 e. The second-order valence-electron chi connectivity index (χ2n) is 7.58. The van der Waals surface area contributed by atoms with Crippen LogP contribution in [0, 0.1) is 10.1 Å². The average molecular weight is 435 g/mol. The van der Waals surface area contributed by atoms with Gasteiger partial charge in [-0.2, -0.15) is 0 Å². The van der Waals surface area contributed by atoms with Gasteiger partial charge in [-0.25, -0.2) is 13.7 Å². The van der Waals surface area contributed by atoms with E-state index >= 15 is 0 Å². The highest BCUT2D eigenvalue weighted by atomic mass is 32.2. The van der Waals surface area contributed by atoms with Crippen molar-refractivity contribution in [2.45, 2.75) is 37.2 Å². The normalized spacial score (nSPS) is 15.6. The van der Waals surface area contributed by atoms with Crippen molar-refractivity contribution in [1.82, 2.24) is 4.72 Å². The maximum Gasteiger partial charge on any atom is 0.344 e. The zero-order valence-corrected chi connectivity index (χ0v) is 18.4. The summed E-state index contributed by atoms with van der Waals surface area (Å²) in [6, 6.07) is 13.4. The lowest BCUT2D eigenvalue weighted by Crippen LogP contribution is -2.52. The summed E-state index contributed by atoms with van der Waals surface area (Å²) in [7, 11) is 1.01. The average Bonchev–Trinajstić information content (AvgIpc) is 2.73. The van der Waals surface area contributed by atoms with Crippen molar-refractivity contribution in [2.75, 3.05) is 14.2 Å². The van der Waals surface area contributed by atoms with Crippen molar-refractivity contribution in [3.05, 3.63) is 75.8 Å². The lowest BCUT2D eigenvalue weighted by molar-refractivity contribution is -0.384. The van der Waals surface area contributed by atoms with Crippen molar-refractivity contribution in [1.29, 1.82) is 0 Å². The van der Waals surface area contributed by atoms with E-state index < -0.39 is 38.3 Å². The smallest absolute Gasteiger partial charge is 0.344 e. The molecule has 0 saturated heterocycles. The Labute approximate surface area is 178 Å². The van der Waals surface area contributed by atoms with Crippen LogP contribution in [0.4, 0.5) is 5.69 Å². The van der Waals surface area contributed by atoms with Gasteiger partial charge in [0.1, 0.15) is 0 Å². The third-order valence-corrected chi connectivity index (χ3v) is 6.20. The fourth-order valence-corrected chi connectivity index (χ4v) is 3.89. The van der Waals surface area contributed by atoms with Crippen LogP contribution in [0.3, 0.4) is 0 Å². The van der Waals surface area contributed by atoms with Gasteiger partial charge in [0.05, 0.1) is 33.8 Å². The van der Waals surface area contributed by atoms with Gasteiger partial charge in [-0.3, -0.25) is 10.1 Å². The Kier molecular flexibility index (Phi) is 7.46. The third-order valence-electron chi connectivity index (χ3n) is 4.64. The summed E-state index contributed by atoms with van der Waals surface area (Å²) in [6.45, 7) is 5.37. The van der Waals surface area contributed by atoms with Crippen LogP contribution in [0.25, 0.3) is 0 Å². The molecular formula is C21H26N2O6S. The SMILES string of the molecule is COC(=O)[C@@](OC)(c1ccccc1)[C@H](NS(=O)C(C)(C)C)c1ccc([N+](=O)[O-])cc1. The van der Waals surface area contributed by atoms with Crippen LogP contribution in [0.15, 0.2) is 54.6 Å². The molecule has 0 radical (unpaired) electrons. The lowest BCUT2D eigenvalue weighted by atomic mass is 9.82. The van der Waals surface area contributed by atoms with E-state index in [1.54, 1.807) is 51.1 Å². The molecule has 0 amide bonds. The van der Waals surface area contributed by atoms with Gasteiger partial charge in [-0.05, 0) is 31.9 Å². The van der Waals surface area contributed by atoms with Crippen LogP contribution in [0.1, 0.15) is 37.9 Å². The van der Waals surface area contributed by atoms with Gasteiger partial charge in [-0.15, -0.1) is 0 Å². The first kappa shape index (κ1) is 23.7. The van der Waals surface area contributed by atoms with Crippen molar-refractivity contribution in [3.8, 4) is 0 Å². The molecule has 0 bridgehead atoms. The number of nitrogens with one attached hydrogen (secondary N) is 1. The number of nitro groups is 1. The van der Waals surface area contributed by atoms with Crippen molar-refractivity contribution in [2.24, 2.45) is 0 Å². The van der Waals surface area contributed by atoms with Gasteiger partial charge in [-0.1, -0.05) is 42.5 Å². The number of methoxy groups -OCH3 is 2. The van der Waals surface area contributed by atoms with E-state index in [1.807, 2.05) is 0 Å². The number of esters is 1. The number of carbonyl (C=O) groups excluding carboxylic acids is 1. The Hall–Kier alpha value is -2.62. The molecular weight excluding hydrogens is 408 g/mol. The molecule has 8 nitrogen and oxygen atoms in total. The van der Waals surface area contributed by atoms with Gasteiger partial charge < -0.3 is 9.47 Å². The number of hydrogen-bond acceptors (Lipinski definition) is 6. The zero-order chi connectivity index (χ0) is 22.5. The molecule has 0 aliphatic carbocycles. The summed E-state index contributed by atoms with van der Waals surface area (Å²) in [5, 5.41) is 11.1. The van der Waals surface area contributed by atoms with E-state index in [2.05, 4.69) is 4.72 Å². The topological polar surface area (TPSA) is 108 Å². The quantitative estimate of drug-likeness (QED) is 0.388. The summed E-state index contributed by atoms with van der Waals surface area (Å²) < 4.78 is 26.2. The number of benzene rings is 2. The Balaban J connectivity index is 2.73. The Morgan fingerprint density at radius 3 is 2.07 bits per heavy atom. The van der Waals surface area contributed by atoms with Crippen LogP contribution in [-0.4, -0.2) is 34.1 Å². The molecule has 1 N–H and O–H groups in total. The Morgan fingerprint density at radius 1 is 1.07 bits per heavy atom. The molecule has 0 heterocycles. The molecule has 9 heteroatoms. The highest BCUT2D eigenvalue weighted by Gasteiger charge is 2.51. The fraction of sp³-hybridized carbons (Fsp3) is 0.381. The second-order valence-corrected chi connectivity index (χ2v) is 9.58. The predicted molar refractivity (Wildman–Crippen MR) is 114 cm³/mol. The van der Waals surface area contributed by atoms with Crippen LogP contribution < -0.4 is 4.72 Å². The first-order valence-corrected chi connectivity index (χ1v) is 10.3. The molecule has 0 aliphatic heterocycles. The molecule has 0 aliphatic rings. The molecule has 30 heavy (non-hydrogen) atoms. The second kappa shape index (κ2) is 9.46. The molecule has 1 unspecified atom stereocenters. The third kappa shape index (κ3) is 4.75. The molecule has 2 rings (SSSR count). The number of hydrogen-bond donors (Lipinski definition) is 1. The highest BCUT2D eigenvalue weighted by molar-refractivity contribution is 7.84. The summed E-state index contributed by atoms with van der Waals surface area (Å²) in [6.07, 6.45) is 0. The van der Waals surface area contributed by atoms with Crippen LogP contribution in [-0.2, 0) is 30.9 Å². The lowest BCUT2D eigenvalue weighted by Gasteiger charge is -2.38. The van der Waals surface area contributed by atoms with E-state index in [4.69, 9.17) is 9.47 Å². The number of rotatable bonds is 8. The van der Waals surface area contributed by atoms with E-state index in [0.717, 1.165) is 0 Å². The number of nitro benzene ring substituents is 1. The van der Waals surface area contributed by atoms with Gasteiger partial charge >= 0.3 is 5.97 Å². The number of non-ortho nitro benzene ring substituents is 1. The maximum absolute atomic E-state index is 13.1. The summed E-state index contributed by atoms with van der Waals surface area (Å²) in [4.78, 5) is 23.6. The van der Waals surface area contributed by atoms with Crippen LogP contribution >= 0.6 is 0 Å². The van der Waals surface area contributed by atoms with E-state index in [9.17, 15) is 19.1 Å². The maximum atomic E-state index is 13.1. The van der Waals surface area contributed by atoms with Crippen LogP contribution in [0.2, 0.25) is 0 Å². The van der Waals surface area contributed by atoms with Gasteiger partial charge in [0.15, 0.2) is 0 Å². The molecule has 2 aromatic rings. The van der Waals surface area contributed by atoms with Crippen molar-refractivity contribution in [3.63, 3.8) is 0 Å². The molecule has 0 fully saturated rings. The molecule has 3 atom stereocenters. The van der Waals surface area contributed by atoms with Crippen molar-refractivity contribution < 1.29 is 23.4 Å². The van der Waals surface area contributed by atoms with Gasteiger partial charge in [0, 0.05) is 19.2 Å². The molecule has 0 spiro atoms. The number of nitrogens with zero attached hydrogens (tertiary/aromatic N) is 1. The number of ether oxygens (including phenoxy) is 2. The standard InChI is InChI=1S/C21H26N2O6S/c1-20(2,3)30(27)22-18(15-11-13-17(14-12-15)23(25)26)21(29-5,19(24)28-4)16-9-7-6-8-10-16/h6-14,18,22H,1-5H3/t18-,21-,30?/m1/s1. The van der Waals surface area contributed by atoms with Crippen LogP contribution in [0.5, 0.6) is 0 Å². The minimum absolute atomic E-state index is 0.102.